The summed E-state index contributed by atoms with van der Waals surface area (Å²) in [4.78, 5) is 23.4. The maximum atomic E-state index is 11.2. The monoisotopic (exact) mass is 231 g/mol. The molecule has 2 aliphatic rings. The number of hydrogen-bond acceptors (Lipinski definition) is 4. The van der Waals surface area contributed by atoms with Crippen molar-refractivity contribution >= 4 is 36.3 Å². The minimum Gasteiger partial charge on any atom is -0.477 e. The number of β-lactam (4-membered cyclic amide) rings is 1. The predicted molar refractivity (Wildman–Crippen MR) is 56.2 cm³/mol. The number of nitrogens with zero attached hydrogens (tertiary/aromatic N) is 1. The quantitative estimate of drug-likeness (QED) is 0.538. The van der Waals surface area contributed by atoms with Crippen LogP contribution in [0.4, 0.5) is 0 Å². The Bertz CT molecular complexity index is 329. The first-order chi connectivity index (χ1) is 6.63. The Kier molecular flexibility index (Phi) is 2.48. The van der Waals surface area contributed by atoms with Gasteiger partial charge in [-0.15, -0.1) is 11.8 Å². The van der Waals surface area contributed by atoms with Crippen LogP contribution in [0.15, 0.2) is 11.8 Å². The standard InChI is InChI=1S/C8H9NO3S2/c10-6-2-7-9(6)5(8(11)12)1-4(3-13)14-7/h1,4,7,13H,2-3H2,(H,11,12)/t4?,7-/m1/s1. The van der Waals surface area contributed by atoms with Crippen LogP contribution >= 0.6 is 24.4 Å². The molecule has 6 heteroatoms. The van der Waals surface area contributed by atoms with Gasteiger partial charge in [-0.3, -0.25) is 9.69 Å². The van der Waals surface area contributed by atoms with Gasteiger partial charge in [0.1, 0.15) is 5.70 Å². The molecule has 1 saturated heterocycles. The topological polar surface area (TPSA) is 57.6 Å². The lowest BCUT2D eigenvalue weighted by Crippen LogP contribution is -2.54. The highest BCUT2D eigenvalue weighted by atomic mass is 32.2. The summed E-state index contributed by atoms with van der Waals surface area (Å²) in [5.74, 6) is -0.538. The number of thioether (sulfide) groups is 1. The van der Waals surface area contributed by atoms with E-state index in [1.165, 1.54) is 4.90 Å². The SMILES string of the molecule is O=C(O)C1=CC(CS)S[C@@H]2CC(=O)N12. The number of amides is 1. The normalized spacial score (nSPS) is 30.5. The molecule has 0 aromatic heterocycles. The van der Waals surface area contributed by atoms with Crippen molar-refractivity contribution in [2.75, 3.05) is 5.75 Å². The second-order valence-electron chi connectivity index (χ2n) is 3.14. The van der Waals surface area contributed by atoms with Gasteiger partial charge in [0.05, 0.1) is 11.8 Å². The van der Waals surface area contributed by atoms with Gasteiger partial charge in [-0.25, -0.2) is 4.79 Å². The molecule has 2 heterocycles. The Morgan fingerprint density at radius 1 is 1.79 bits per heavy atom. The molecule has 1 unspecified atom stereocenters. The van der Waals surface area contributed by atoms with Gasteiger partial charge in [-0.1, -0.05) is 0 Å². The molecule has 1 fully saturated rings. The van der Waals surface area contributed by atoms with Crippen LogP contribution in [0.2, 0.25) is 0 Å². The molecule has 0 bridgehead atoms. The Labute approximate surface area is 90.7 Å². The molecule has 0 aliphatic carbocycles. The van der Waals surface area contributed by atoms with Crippen molar-refractivity contribution in [2.45, 2.75) is 17.0 Å². The minimum absolute atomic E-state index is 0.00995. The zero-order valence-electron chi connectivity index (χ0n) is 7.21. The molecule has 1 amide bonds. The van der Waals surface area contributed by atoms with Crippen molar-refractivity contribution in [3.8, 4) is 0 Å². The van der Waals surface area contributed by atoms with Crippen LogP contribution in [-0.2, 0) is 9.59 Å². The molecule has 4 nitrogen and oxygen atoms in total. The van der Waals surface area contributed by atoms with Gasteiger partial charge in [0, 0.05) is 11.0 Å². The van der Waals surface area contributed by atoms with Crippen LogP contribution < -0.4 is 0 Å². The second-order valence-corrected chi connectivity index (χ2v) is 4.92. The maximum Gasteiger partial charge on any atom is 0.352 e. The van der Waals surface area contributed by atoms with Crippen LogP contribution in [0.1, 0.15) is 6.42 Å². The van der Waals surface area contributed by atoms with E-state index in [9.17, 15) is 9.59 Å². The summed E-state index contributed by atoms with van der Waals surface area (Å²) >= 11 is 5.72. The average Bonchev–Trinajstić information content (AvgIpc) is 2.14. The Balaban J connectivity index is 2.27. The van der Waals surface area contributed by atoms with Gasteiger partial charge in [-0.05, 0) is 6.08 Å². The minimum atomic E-state index is -1.03. The highest BCUT2D eigenvalue weighted by molar-refractivity contribution is 8.01. The summed E-state index contributed by atoms with van der Waals surface area (Å²) in [7, 11) is 0. The fraction of sp³-hybridized carbons (Fsp3) is 0.500. The highest BCUT2D eigenvalue weighted by Gasteiger charge is 2.44. The molecule has 2 atom stereocenters. The third kappa shape index (κ3) is 1.42. The largest absolute Gasteiger partial charge is 0.477 e. The number of fused-ring (bicyclic) bond motifs is 1. The van der Waals surface area contributed by atoms with Crippen LogP contribution in [0, 0.1) is 0 Å². The predicted octanol–water partition coefficient (Wildman–Crippen LogP) is 0.558. The average molecular weight is 231 g/mol. The number of carbonyl (C=O) groups is 2. The molecule has 14 heavy (non-hydrogen) atoms. The van der Waals surface area contributed by atoms with Crippen LogP contribution in [-0.4, -0.2) is 38.3 Å². The van der Waals surface area contributed by atoms with Crippen molar-refractivity contribution in [3.05, 3.63) is 11.8 Å². The molecule has 1 N–H and O–H groups in total. The van der Waals surface area contributed by atoms with Crippen molar-refractivity contribution in [1.29, 1.82) is 0 Å². The lowest BCUT2D eigenvalue weighted by molar-refractivity contribution is -0.146. The Morgan fingerprint density at radius 2 is 2.50 bits per heavy atom. The van der Waals surface area contributed by atoms with E-state index in [0.717, 1.165) is 0 Å². The number of aliphatic carboxylic acids is 1. The zero-order chi connectivity index (χ0) is 10.3. The number of rotatable bonds is 2. The van der Waals surface area contributed by atoms with Gasteiger partial charge in [0.15, 0.2) is 0 Å². The van der Waals surface area contributed by atoms with E-state index in [0.29, 0.717) is 12.2 Å². The zero-order valence-corrected chi connectivity index (χ0v) is 8.92. The first kappa shape index (κ1) is 9.92. The summed E-state index contributed by atoms with van der Waals surface area (Å²) in [6.45, 7) is 0. The van der Waals surface area contributed by atoms with Crippen molar-refractivity contribution in [3.63, 3.8) is 0 Å². The molecule has 0 aromatic rings. The van der Waals surface area contributed by atoms with Crippen LogP contribution in [0.3, 0.4) is 0 Å². The maximum absolute atomic E-state index is 11.2. The van der Waals surface area contributed by atoms with E-state index < -0.39 is 5.97 Å². The molecule has 2 rings (SSSR count). The molecule has 76 valence electrons. The number of hydrogen-bond donors (Lipinski definition) is 2. The number of carbonyl (C=O) groups excluding carboxylic acids is 1. The van der Waals surface area contributed by atoms with Crippen molar-refractivity contribution < 1.29 is 14.7 Å². The fourth-order valence-corrected chi connectivity index (χ4v) is 3.21. The van der Waals surface area contributed by atoms with Gasteiger partial charge < -0.3 is 5.11 Å². The number of carboxylic acids is 1. The highest BCUT2D eigenvalue weighted by Crippen LogP contribution is 2.40. The summed E-state index contributed by atoms with van der Waals surface area (Å²) in [6.07, 6.45) is 2.05. The van der Waals surface area contributed by atoms with Gasteiger partial charge >= 0.3 is 5.97 Å². The molecule has 0 aromatic carbocycles. The smallest absolute Gasteiger partial charge is 0.352 e. The van der Waals surface area contributed by atoms with Crippen LogP contribution in [0.25, 0.3) is 0 Å². The lowest BCUT2D eigenvalue weighted by Gasteiger charge is -2.44. The van der Waals surface area contributed by atoms with E-state index in [1.807, 2.05) is 0 Å². The van der Waals surface area contributed by atoms with Gasteiger partial charge in [0.25, 0.3) is 0 Å². The molecule has 2 aliphatic heterocycles. The summed E-state index contributed by atoms with van der Waals surface area (Å²) in [5, 5.41) is 9.00. The van der Waals surface area contributed by atoms with Crippen molar-refractivity contribution in [2.24, 2.45) is 0 Å². The molecule has 0 saturated carbocycles. The Morgan fingerprint density at radius 3 is 3.00 bits per heavy atom. The summed E-state index contributed by atoms with van der Waals surface area (Å²) < 4.78 is 0. The second kappa shape index (κ2) is 3.51. The van der Waals surface area contributed by atoms with E-state index >= 15 is 0 Å². The first-order valence-corrected chi connectivity index (χ1v) is 5.74. The van der Waals surface area contributed by atoms with E-state index in [2.05, 4.69) is 12.6 Å². The first-order valence-electron chi connectivity index (χ1n) is 4.17. The summed E-state index contributed by atoms with van der Waals surface area (Å²) in [5.41, 5.74) is 0.115. The lowest BCUT2D eigenvalue weighted by atomic mass is 10.1. The van der Waals surface area contributed by atoms with Gasteiger partial charge in [-0.2, -0.15) is 12.6 Å². The molecular weight excluding hydrogens is 222 g/mol. The van der Waals surface area contributed by atoms with E-state index in [1.54, 1.807) is 17.8 Å². The van der Waals surface area contributed by atoms with Crippen molar-refractivity contribution in [1.82, 2.24) is 4.90 Å². The molecule has 0 radical (unpaired) electrons. The van der Waals surface area contributed by atoms with E-state index in [4.69, 9.17) is 5.11 Å². The molecule has 0 spiro atoms. The van der Waals surface area contributed by atoms with E-state index in [-0.39, 0.29) is 22.2 Å². The number of thiol groups is 1. The number of carboxylic acid groups (broad SMARTS) is 1. The van der Waals surface area contributed by atoms with Gasteiger partial charge in [0.2, 0.25) is 5.91 Å². The third-order valence-electron chi connectivity index (χ3n) is 2.24. The third-order valence-corrected chi connectivity index (χ3v) is 4.22. The van der Waals surface area contributed by atoms with Crippen LogP contribution in [0.5, 0.6) is 0 Å². The Hall–Kier alpha value is -0.620. The summed E-state index contributed by atoms with van der Waals surface area (Å²) in [6, 6.07) is 0. The molecular formula is C8H9NO3S2. The fourth-order valence-electron chi connectivity index (χ4n) is 1.55.